The highest BCUT2D eigenvalue weighted by Gasteiger charge is 2.37. The molecule has 0 aromatic heterocycles. The Balaban J connectivity index is 1.54. The second-order valence-corrected chi connectivity index (χ2v) is 7.47. The van der Waals surface area contributed by atoms with Gasteiger partial charge in [0.2, 0.25) is 0 Å². The Morgan fingerprint density at radius 3 is 2.76 bits per heavy atom. The molecule has 1 N–H and O–H groups in total. The minimum absolute atomic E-state index is 0.440. The van der Waals surface area contributed by atoms with Gasteiger partial charge in [-0.15, -0.1) is 0 Å². The van der Waals surface area contributed by atoms with Gasteiger partial charge in [0, 0.05) is 46.0 Å². The van der Waals surface area contributed by atoms with Crippen LogP contribution in [0.15, 0.2) is 0 Å². The monoisotopic (exact) mass is 296 g/mol. The zero-order valence-electron chi connectivity index (χ0n) is 13.6. The predicted molar refractivity (Wildman–Crippen MR) is 84.6 cm³/mol. The fourth-order valence-electron chi connectivity index (χ4n) is 3.98. The highest BCUT2D eigenvalue weighted by atomic mass is 16.5. The van der Waals surface area contributed by atoms with E-state index in [1.165, 1.54) is 64.7 Å². The normalized spacial score (nSPS) is 30.4. The van der Waals surface area contributed by atoms with Crippen molar-refractivity contribution in [2.24, 2.45) is 11.3 Å². The molecule has 0 spiro atoms. The first kappa shape index (κ1) is 15.7. The average molecular weight is 296 g/mol. The van der Waals surface area contributed by atoms with E-state index >= 15 is 0 Å². The molecule has 0 bridgehead atoms. The van der Waals surface area contributed by atoms with Gasteiger partial charge in [-0.25, -0.2) is 0 Å². The number of hydrogen-bond acceptors (Lipinski definition) is 4. The Kier molecular flexibility index (Phi) is 5.54. The fourth-order valence-corrected chi connectivity index (χ4v) is 3.98. The molecule has 2 saturated heterocycles. The quantitative estimate of drug-likeness (QED) is 0.778. The van der Waals surface area contributed by atoms with E-state index in [9.17, 15) is 0 Å². The smallest absolute Gasteiger partial charge is 0.0502 e. The van der Waals surface area contributed by atoms with Crippen LogP contribution in [-0.4, -0.2) is 64.1 Å². The lowest BCUT2D eigenvalue weighted by atomic mass is 9.78. The Bertz CT molecular complexity index is 312. The summed E-state index contributed by atoms with van der Waals surface area (Å²) in [6.07, 6.45) is 7.87. The highest BCUT2D eigenvalue weighted by Crippen LogP contribution is 2.33. The molecule has 3 rings (SSSR count). The van der Waals surface area contributed by atoms with Crippen molar-refractivity contribution in [2.45, 2.75) is 44.6 Å². The summed E-state index contributed by atoms with van der Waals surface area (Å²) in [4.78, 5) is 2.70. The van der Waals surface area contributed by atoms with Crippen molar-refractivity contribution in [1.29, 1.82) is 0 Å². The second-order valence-electron chi connectivity index (χ2n) is 7.47. The van der Waals surface area contributed by atoms with Crippen molar-refractivity contribution in [3.8, 4) is 0 Å². The van der Waals surface area contributed by atoms with Crippen LogP contribution < -0.4 is 5.32 Å². The second kappa shape index (κ2) is 7.40. The van der Waals surface area contributed by atoms with Crippen LogP contribution in [0, 0.1) is 11.3 Å². The summed E-state index contributed by atoms with van der Waals surface area (Å²) in [5, 5.41) is 3.79. The van der Waals surface area contributed by atoms with Crippen molar-refractivity contribution in [3.63, 3.8) is 0 Å². The first-order chi connectivity index (χ1) is 10.3. The summed E-state index contributed by atoms with van der Waals surface area (Å²) >= 11 is 0. The summed E-state index contributed by atoms with van der Waals surface area (Å²) in [6.45, 7) is 7.74. The third kappa shape index (κ3) is 4.65. The number of likely N-dealkylation sites (tertiary alicyclic amines) is 1. The van der Waals surface area contributed by atoms with Gasteiger partial charge < -0.3 is 19.7 Å². The van der Waals surface area contributed by atoms with Crippen LogP contribution in [0.3, 0.4) is 0 Å². The number of ether oxygens (including phenoxy) is 2. The molecule has 2 aliphatic heterocycles. The van der Waals surface area contributed by atoms with Crippen LogP contribution in [0.5, 0.6) is 0 Å². The van der Waals surface area contributed by atoms with Crippen LogP contribution in [0.1, 0.15) is 38.5 Å². The van der Waals surface area contributed by atoms with E-state index in [0.717, 1.165) is 31.8 Å². The zero-order chi connectivity index (χ0) is 14.5. The summed E-state index contributed by atoms with van der Waals surface area (Å²) in [5.41, 5.74) is 0.440. The van der Waals surface area contributed by atoms with Crippen LogP contribution in [0.2, 0.25) is 0 Å². The third-order valence-corrected chi connectivity index (χ3v) is 5.46. The van der Waals surface area contributed by atoms with Gasteiger partial charge in [0.1, 0.15) is 0 Å². The molecule has 2 heterocycles. The first-order valence-corrected chi connectivity index (χ1v) is 8.82. The van der Waals surface area contributed by atoms with E-state index in [-0.39, 0.29) is 0 Å². The Hall–Kier alpha value is -0.160. The molecule has 3 aliphatic rings. The van der Waals surface area contributed by atoms with Crippen molar-refractivity contribution >= 4 is 0 Å². The molecule has 1 aliphatic carbocycles. The molecular formula is C17H32N2O2. The average Bonchev–Trinajstić information content (AvgIpc) is 3.31. The lowest BCUT2D eigenvalue weighted by molar-refractivity contribution is -0.0151. The van der Waals surface area contributed by atoms with Gasteiger partial charge in [-0.3, -0.25) is 0 Å². The highest BCUT2D eigenvalue weighted by molar-refractivity contribution is 4.92. The molecule has 4 nitrogen and oxygen atoms in total. The van der Waals surface area contributed by atoms with Crippen LogP contribution in [0.25, 0.3) is 0 Å². The van der Waals surface area contributed by atoms with Gasteiger partial charge in [-0.2, -0.15) is 0 Å². The van der Waals surface area contributed by atoms with Gasteiger partial charge in [-0.1, -0.05) is 0 Å². The first-order valence-electron chi connectivity index (χ1n) is 8.82. The van der Waals surface area contributed by atoms with Gasteiger partial charge in [0.05, 0.1) is 6.61 Å². The van der Waals surface area contributed by atoms with Gasteiger partial charge in [0.25, 0.3) is 0 Å². The van der Waals surface area contributed by atoms with E-state index in [0.29, 0.717) is 5.41 Å². The van der Waals surface area contributed by atoms with Gasteiger partial charge in [0.15, 0.2) is 0 Å². The van der Waals surface area contributed by atoms with Crippen molar-refractivity contribution in [1.82, 2.24) is 10.2 Å². The SMILES string of the molecule is COCC1CCCN(CC2(CNC3CC3)CCOCC2)C1. The molecule has 3 fully saturated rings. The van der Waals surface area contributed by atoms with Crippen LogP contribution >= 0.6 is 0 Å². The van der Waals surface area contributed by atoms with Crippen LogP contribution in [-0.2, 0) is 9.47 Å². The Morgan fingerprint density at radius 1 is 1.24 bits per heavy atom. The van der Waals surface area contributed by atoms with E-state index in [2.05, 4.69) is 10.2 Å². The maximum atomic E-state index is 5.63. The number of rotatable bonds is 7. The minimum atomic E-state index is 0.440. The molecular weight excluding hydrogens is 264 g/mol. The van der Waals surface area contributed by atoms with E-state index in [4.69, 9.17) is 9.47 Å². The topological polar surface area (TPSA) is 33.7 Å². The Morgan fingerprint density at radius 2 is 2.05 bits per heavy atom. The lowest BCUT2D eigenvalue weighted by Crippen LogP contribution is -2.50. The maximum Gasteiger partial charge on any atom is 0.0502 e. The largest absolute Gasteiger partial charge is 0.384 e. The number of hydrogen-bond donors (Lipinski definition) is 1. The lowest BCUT2D eigenvalue weighted by Gasteiger charge is -2.43. The standard InChI is InChI=1S/C17H32N2O2/c1-20-12-15-3-2-8-19(11-15)14-17(6-9-21-10-7-17)13-18-16-4-5-16/h15-16,18H,2-14H2,1H3. The molecule has 1 saturated carbocycles. The zero-order valence-corrected chi connectivity index (χ0v) is 13.6. The molecule has 1 atom stereocenters. The Labute approximate surface area is 129 Å². The third-order valence-electron chi connectivity index (χ3n) is 5.46. The summed E-state index contributed by atoms with van der Waals surface area (Å²) in [5.74, 6) is 0.733. The number of methoxy groups -OCH3 is 1. The van der Waals surface area contributed by atoms with Crippen LogP contribution in [0.4, 0.5) is 0 Å². The van der Waals surface area contributed by atoms with Gasteiger partial charge in [-0.05, 0) is 56.4 Å². The van der Waals surface area contributed by atoms with E-state index in [1.54, 1.807) is 0 Å². The summed E-state index contributed by atoms with van der Waals surface area (Å²) in [7, 11) is 1.83. The molecule has 0 aromatic rings. The molecule has 122 valence electrons. The molecule has 0 amide bonds. The van der Waals surface area contributed by atoms with Crippen molar-refractivity contribution < 1.29 is 9.47 Å². The molecule has 4 heteroatoms. The molecule has 0 radical (unpaired) electrons. The van der Waals surface area contributed by atoms with Crippen molar-refractivity contribution in [2.75, 3.05) is 53.1 Å². The molecule has 0 aromatic carbocycles. The number of piperidine rings is 1. The maximum absolute atomic E-state index is 5.63. The number of nitrogens with zero attached hydrogens (tertiary/aromatic N) is 1. The van der Waals surface area contributed by atoms with E-state index in [1.807, 2.05) is 7.11 Å². The minimum Gasteiger partial charge on any atom is -0.384 e. The summed E-state index contributed by atoms with van der Waals surface area (Å²) < 4.78 is 11.0. The van der Waals surface area contributed by atoms with Crippen molar-refractivity contribution in [3.05, 3.63) is 0 Å². The van der Waals surface area contributed by atoms with E-state index < -0.39 is 0 Å². The molecule has 21 heavy (non-hydrogen) atoms. The fraction of sp³-hybridized carbons (Fsp3) is 1.00. The molecule has 1 unspecified atom stereocenters. The number of nitrogens with one attached hydrogen (secondary N) is 1. The predicted octanol–water partition coefficient (Wildman–Crippen LogP) is 1.89. The van der Waals surface area contributed by atoms with Gasteiger partial charge >= 0.3 is 0 Å². The summed E-state index contributed by atoms with van der Waals surface area (Å²) in [6, 6.07) is 0.812.